The number of hydrogen-bond acceptors (Lipinski definition) is 8. The summed E-state index contributed by atoms with van der Waals surface area (Å²) in [5.74, 6) is 0.300. The van der Waals surface area contributed by atoms with Gasteiger partial charge in [-0.2, -0.15) is 0 Å². The zero-order chi connectivity index (χ0) is 32.4. The molecule has 4 N–H and O–H groups in total. The number of aromatic hydroxyl groups is 1. The number of carbonyl (C=O) groups is 1. The Morgan fingerprint density at radius 2 is 1.96 bits per heavy atom. The molecule has 0 bridgehead atoms. The molecule has 246 valence electrons. The van der Waals surface area contributed by atoms with E-state index in [0.717, 1.165) is 42.8 Å². The zero-order valence-corrected chi connectivity index (χ0v) is 27.3. The number of aromatic amines is 1. The van der Waals surface area contributed by atoms with E-state index in [2.05, 4.69) is 41.2 Å². The summed E-state index contributed by atoms with van der Waals surface area (Å²) >= 11 is 0.949. The number of benzene rings is 2. The second-order valence-electron chi connectivity index (χ2n) is 13.0. The number of halogens is 1. The third-order valence-corrected chi connectivity index (χ3v) is 10.5. The van der Waals surface area contributed by atoms with Crippen molar-refractivity contribution in [3.05, 3.63) is 85.8 Å². The fourth-order valence-corrected chi connectivity index (χ4v) is 7.72. The van der Waals surface area contributed by atoms with E-state index in [4.69, 9.17) is 4.74 Å². The first kappa shape index (κ1) is 32.6. The number of carbonyl (C=O) groups excluding carboxylic acids is 1. The number of nitrogens with zero attached hydrogens (tertiary/aromatic N) is 2. The van der Waals surface area contributed by atoms with E-state index in [0.29, 0.717) is 78.5 Å². The molecule has 11 heteroatoms. The molecule has 2 fully saturated rings. The lowest BCUT2D eigenvalue weighted by Gasteiger charge is -2.47. The van der Waals surface area contributed by atoms with E-state index in [1.165, 1.54) is 11.6 Å². The Bertz CT molecular complexity index is 1700. The number of aromatic nitrogens is 1. The predicted molar refractivity (Wildman–Crippen MR) is 177 cm³/mol. The van der Waals surface area contributed by atoms with Crippen LogP contribution in [0.5, 0.6) is 5.75 Å². The second kappa shape index (κ2) is 13.8. The number of aliphatic hydroxyl groups is 1. The average molecular weight is 651 g/mol. The Kier molecular flexibility index (Phi) is 9.77. The van der Waals surface area contributed by atoms with Crippen molar-refractivity contribution in [2.75, 3.05) is 45.9 Å². The van der Waals surface area contributed by atoms with Crippen molar-refractivity contribution in [3.63, 3.8) is 0 Å². The van der Waals surface area contributed by atoms with Gasteiger partial charge in [0, 0.05) is 49.4 Å². The first-order chi connectivity index (χ1) is 22.1. The molecule has 0 unspecified atom stereocenters. The Morgan fingerprint density at radius 3 is 2.72 bits per heavy atom. The first-order valence-electron chi connectivity index (χ1n) is 16.2. The lowest BCUT2D eigenvalue weighted by molar-refractivity contribution is -0.156. The van der Waals surface area contributed by atoms with Crippen molar-refractivity contribution >= 4 is 27.5 Å². The molecule has 2 saturated heterocycles. The maximum absolute atomic E-state index is 15.6. The monoisotopic (exact) mass is 650 g/mol. The molecule has 3 heterocycles. The number of thiazole rings is 1. The number of H-pyrrole nitrogens is 1. The quantitative estimate of drug-likeness (QED) is 0.240. The van der Waals surface area contributed by atoms with Crippen LogP contribution >= 0.6 is 11.3 Å². The van der Waals surface area contributed by atoms with E-state index in [1.54, 1.807) is 12.1 Å². The van der Waals surface area contributed by atoms with Gasteiger partial charge in [0.25, 0.3) is 0 Å². The van der Waals surface area contributed by atoms with Crippen molar-refractivity contribution in [1.29, 1.82) is 0 Å². The number of aliphatic hydroxyl groups excluding tert-OH is 1. The number of fused-ring (bicyclic) bond motifs is 1. The van der Waals surface area contributed by atoms with Crippen LogP contribution in [0.3, 0.4) is 0 Å². The van der Waals surface area contributed by atoms with Gasteiger partial charge in [0.1, 0.15) is 17.1 Å². The molecule has 3 aliphatic rings. The lowest BCUT2D eigenvalue weighted by atomic mass is 9.88. The van der Waals surface area contributed by atoms with Crippen LogP contribution in [-0.4, -0.2) is 82.4 Å². The highest BCUT2D eigenvalue weighted by Gasteiger charge is 2.41. The molecule has 46 heavy (non-hydrogen) atoms. The van der Waals surface area contributed by atoms with Crippen LogP contribution in [0.2, 0.25) is 0 Å². The highest BCUT2D eigenvalue weighted by Crippen LogP contribution is 2.34. The van der Waals surface area contributed by atoms with Gasteiger partial charge in [-0.05, 0) is 55.3 Å². The van der Waals surface area contributed by atoms with Crippen LogP contribution in [0.15, 0.2) is 58.4 Å². The van der Waals surface area contributed by atoms with Gasteiger partial charge in [-0.3, -0.25) is 14.5 Å². The van der Waals surface area contributed by atoms with Crippen molar-refractivity contribution in [2.45, 2.75) is 57.8 Å². The van der Waals surface area contributed by atoms with Crippen LogP contribution < -0.4 is 10.2 Å². The summed E-state index contributed by atoms with van der Waals surface area (Å²) in [6.45, 7) is 8.79. The number of nitrogens with one attached hydrogen (secondary N) is 2. The van der Waals surface area contributed by atoms with E-state index >= 15 is 4.39 Å². The molecule has 3 aromatic rings. The SMILES string of the molecule is CC(C)C1=CCC(C(=O)N2CCOC3(CCN(Cc4cccc(CCNC[C@H](O)c5ccc(O)c6[nH]c(=O)sc56)c4F)CC3)C2)=C1. The number of rotatable bonds is 10. The van der Waals surface area contributed by atoms with Crippen molar-refractivity contribution < 1.29 is 24.1 Å². The molecule has 2 aromatic carbocycles. The highest BCUT2D eigenvalue weighted by atomic mass is 32.1. The minimum Gasteiger partial charge on any atom is -0.506 e. The molecular weight excluding hydrogens is 607 g/mol. The Balaban J connectivity index is 0.987. The van der Waals surface area contributed by atoms with Gasteiger partial charge < -0.3 is 30.2 Å². The number of phenols is 1. The number of piperidine rings is 1. The van der Waals surface area contributed by atoms with E-state index in [1.807, 2.05) is 17.0 Å². The summed E-state index contributed by atoms with van der Waals surface area (Å²) < 4.78 is 22.4. The molecule has 9 nitrogen and oxygen atoms in total. The van der Waals surface area contributed by atoms with Gasteiger partial charge in [0.15, 0.2) is 0 Å². The zero-order valence-electron chi connectivity index (χ0n) is 26.5. The van der Waals surface area contributed by atoms with Crippen molar-refractivity contribution in [2.24, 2.45) is 5.92 Å². The molecule has 2 aliphatic heterocycles. The van der Waals surface area contributed by atoms with Gasteiger partial charge in [0.2, 0.25) is 5.91 Å². The maximum Gasteiger partial charge on any atom is 0.305 e. The molecule has 0 saturated carbocycles. The average Bonchev–Trinajstić information content (AvgIpc) is 3.70. The largest absolute Gasteiger partial charge is 0.506 e. The Morgan fingerprint density at radius 1 is 1.17 bits per heavy atom. The summed E-state index contributed by atoms with van der Waals surface area (Å²) in [7, 11) is 0. The molecule has 6 rings (SSSR count). The van der Waals surface area contributed by atoms with Crippen molar-refractivity contribution in [3.8, 4) is 5.75 Å². The van der Waals surface area contributed by atoms with Crippen LogP contribution in [0.25, 0.3) is 10.2 Å². The van der Waals surface area contributed by atoms with Gasteiger partial charge >= 0.3 is 4.87 Å². The normalized spacial score (nSPS) is 19.2. The van der Waals surface area contributed by atoms with E-state index in [9.17, 15) is 19.8 Å². The lowest BCUT2D eigenvalue weighted by Crippen LogP contribution is -2.58. The molecule has 1 spiro atoms. The number of allylic oxidation sites excluding steroid dienone is 3. The molecule has 1 aromatic heterocycles. The van der Waals surface area contributed by atoms with Crippen molar-refractivity contribution in [1.82, 2.24) is 20.1 Å². The molecule has 1 amide bonds. The summed E-state index contributed by atoms with van der Waals surface area (Å²) in [5.41, 5.74) is 3.91. The fourth-order valence-electron chi connectivity index (χ4n) is 6.80. The minimum absolute atomic E-state index is 0.0344. The summed E-state index contributed by atoms with van der Waals surface area (Å²) in [6.07, 6.45) is 6.09. The van der Waals surface area contributed by atoms with Gasteiger partial charge in [-0.25, -0.2) is 4.39 Å². The second-order valence-corrected chi connectivity index (χ2v) is 14.0. The standard InChI is InChI=1S/C35H43FN4O5S/c1-22(2)24-6-7-25(18-24)33(43)40-16-17-45-35(21-40)11-14-39(15-12-35)20-26-5-3-4-23(30(26)36)10-13-37-19-29(42)27-8-9-28(41)31-32(27)46-34(44)38-31/h3-6,8-9,18,22,29,37,41-42H,7,10-17,19-21H2,1-2H3,(H,38,44)/t29-/m0/s1. The predicted octanol–water partition coefficient (Wildman–Crippen LogP) is 4.41. The number of amides is 1. The van der Waals surface area contributed by atoms with E-state index in [-0.39, 0.29) is 34.5 Å². The fraction of sp³-hybridized carbons (Fsp3) is 0.486. The highest BCUT2D eigenvalue weighted by molar-refractivity contribution is 7.16. The third-order valence-electron chi connectivity index (χ3n) is 9.55. The van der Waals surface area contributed by atoms with Crippen LogP contribution in [0.4, 0.5) is 4.39 Å². The van der Waals surface area contributed by atoms with Crippen LogP contribution in [-0.2, 0) is 22.5 Å². The number of hydrogen-bond donors (Lipinski definition) is 4. The van der Waals surface area contributed by atoms with Gasteiger partial charge in [0.05, 0.1) is 29.6 Å². The molecule has 1 aliphatic carbocycles. The first-order valence-corrected chi connectivity index (χ1v) is 17.0. The van der Waals surface area contributed by atoms with Gasteiger partial charge in [-0.1, -0.05) is 61.6 Å². The summed E-state index contributed by atoms with van der Waals surface area (Å²) in [4.78, 5) is 31.6. The minimum atomic E-state index is -0.888. The summed E-state index contributed by atoms with van der Waals surface area (Å²) in [6, 6.07) is 8.60. The topological polar surface area (TPSA) is 118 Å². The number of phenolic OH excluding ortho intramolecular Hbond substituents is 1. The Hall–Kier alpha value is -3.35. The summed E-state index contributed by atoms with van der Waals surface area (Å²) in [5, 5.41) is 23.9. The number of morpholine rings is 1. The smallest absolute Gasteiger partial charge is 0.305 e. The molecular formula is C35H43FN4O5S. The number of likely N-dealkylation sites (tertiary alicyclic amines) is 1. The Labute approximate surface area is 272 Å². The third kappa shape index (κ3) is 6.99. The maximum atomic E-state index is 15.6. The van der Waals surface area contributed by atoms with Gasteiger partial charge in [-0.15, -0.1) is 0 Å². The number of ether oxygens (including phenoxy) is 1. The van der Waals surface area contributed by atoms with Crippen LogP contribution in [0, 0.1) is 11.7 Å². The van der Waals surface area contributed by atoms with E-state index < -0.39 is 6.10 Å². The molecule has 1 atom stereocenters. The molecule has 0 radical (unpaired) electrons. The van der Waals surface area contributed by atoms with Crippen LogP contribution in [0.1, 0.15) is 55.9 Å².